The molecule has 0 bridgehead atoms. The predicted octanol–water partition coefficient (Wildman–Crippen LogP) is 3.00. The van der Waals surface area contributed by atoms with Crippen LogP contribution in [-0.4, -0.2) is 22.5 Å². The Hall–Kier alpha value is -0.880. The van der Waals surface area contributed by atoms with Gasteiger partial charge in [0.25, 0.3) is 0 Å². The van der Waals surface area contributed by atoms with Crippen LogP contribution in [0.3, 0.4) is 0 Å². The number of benzene rings is 1. The molecule has 0 radical (unpaired) electrons. The summed E-state index contributed by atoms with van der Waals surface area (Å²) >= 11 is 0. The highest BCUT2D eigenvalue weighted by Crippen LogP contribution is 2.63. The maximum Gasteiger partial charge on any atom is 0.230 e. The molecule has 1 heterocycles. The van der Waals surface area contributed by atoms with Crippen LogP contribution < -0.4 is 0 Å². The molecule has 1 unspecified atom stereocenters. The van der Waals surface area contributed by atoms with Crippen LogP contribution in [0, 0.1) is 5.41 Å². The molecule has 2 fully saturated rings. The molecule has 2 aliphatic rings. The number of likely N-dealkylation sites (tertiary alicyclic amines) is 1. The van der Waals surface area contributed by atoms with Crippen molar-refractivity contribution in [2.24, 2.45) is 5.41 Å². The van der Waals surface area contributed by atoms with Gasteiger partial charge >= 0.3 is 0 Å². The van der Waals surface area contributed by atoms with Gasteiger partial charge in [-0.1, -0.05) is 37.3 Å². The van der Waals surface area contributed by atoms with Gasteiger partial charge in [0.05, 0.1) is 11.5 Å². The van der Waals surface area contributed by atoms with E-state index in [4.69, 9.17) is 0 Å². The molecule has 0 N–H and O–H groups in total. The number of hydrogen-bond acceptors (Lipinski definition) is 1. The number of carbonyl (C=O) groups excluding carboxylic acids is 1. The average Bonchev–Trinajstić information content (AvgIpc) is 3.14. The summed E-state index contributed by atoms with van der Waals surface area (Å²) in [6, 6.07) is 10.5. The third-order valence-corrected chi connectivity index (χ3v) is 5.50. The van der Waals surface area contributed by atoms with Crippen LogP contribution in [0.25, 0.3) is 0 Å². The summed E-state index contributed by atoms with van der Waals surface area (Å²) in [6.45, 7) is 5.20. The van der Waals surface area contributed by atoms with Gasteiger partial charge < -0.3 is 4.90 Å². The SMILES string of the molecule is C[C@H](c1ccccc1)N1C[C@@](C)(P)C2(CC2)C1=O. The van der Waals surface area contributed by atoms with Crippen molar-refractivity contribution in [3.63, 3.8) is 0 Å². The maximum atomic E-state index is 12.6. The normalized spacial score (nSPS) is 30.8. The van der Waals surface area contributed by atoms with Crippen molar-refractivity contribution < 1.29 is 4.79 Å². The first kappa shape index (κ1) is 12.2. The molecule has 2 nitrogen and oxygen atoms in total. The van der Waals surface area contributed by atoms with Gasteiger partial charge in [-0.3, -0.25) is 4.79 Å². The summed E-state index contributed by atoms with van der Waals surface area (Å²) in [5.74, 6) is 0.358. The highest BCUT2D eigenvalue weighted by atomic mass is 31.0. The van der Waals surface area contributed by atoms with Crippen LogP contribution in [0.4, 0.5) is 0 Å². The lowest BCUT2D eigenvalue weighted by Crippen LogP contribution is -2.30. The van der Waals surface area contributed by atoms with Crippen LogP contribution in [-0.2, 0) is 4.79 Å². The summed E-state index contributed by atoms with van der Waals surface area (Å²) in [5, 5.41) is 0.0487. The quantitative estimate of drug-likeness (QED) is 0.749. The topological polar surface area (TPSA) is 20.3 Å². The van der Waals surface area contributed by atoms with E-state index in [0.717, 1.165) is 19.4 Å². The molecule has 1 aliphatic carbocycles. The summed E-state index contributed by atoms with van der Waals surface area (Å²) in [7, 11) is 2.93. The zero-order chi connectivity index (χ0) is 13.0. The van der Waals surface area contributed by atoms with Gasteiger partial charge in [-0.15, -0.1) is 9.24 Å². The van der Waals surface area contributed by atoms with Crippen molar-refractivity contribution in [2.45, 2.75) is 37.9 Å². The van der Waals surface area contributed by atoms with Crippen molar-refractivity contribution >= 4 is 15.1 Å². The minimum Gasteiger partial charge on any atom is -0.335 e. The second-order valence-corrected chi connectivity index (χ2v) is 7.29. The fourth-order valence-electron chi connectivity index (χ4n) is 3.23. The molecule has 0 aromatic heterocycles. The Morgan fingerprint density at radius 3 is 2.39 bits per heavy atom. The Kier molecular flexibility index (Phi) is 2.57. The average molecular weight is 261 g/mol. The third-order valence-electron chi connectivity index (χ3n) is 4.76. The van der Waals surface area contributed by atoms with Gasteiger partial charge in [0, 0.05) is 11.7 Å². The number of rotatable bonds is 2. The lowest BCUT2D eigenvalue weighted by atomic mass is 9.93. The van der Waals surface area contributed by atoms with E-state index in [1.807, 2.05) is 18.2 Å². The largest absolute Gasteiger partial charge is 0.335 e. The van der Waals surface area contributed by atoms with E-state index in [9.17, 15) is 4.79 Å². The van der Waals surface area contributed by atoms with Crippen LogP contribution >= 0.6 is 9.24 Å². The van der Waals surface area contributed by atoms with Gasteiger partial charge in [-0.2, -0.15) is 0 Å². The molecule has 1 aliphatic heterocycles. The molecule has 96 valence electrons. The first-order chi connectivity index (χ1) is 8.48. The van der Waals surface area contributed by atoms with E-state index in [1.54, 1.807) is 0 Å². The molecular weight excluding hydrogens is 241 g/mol. The van der Waals surface area contributed by atoms with Crippen LogP contribution in [0.2, 0.25) is 0 Å². The highest BCUT2D eigenvalue weighted by Gasteiger charge is 2.66. The summed E-state index contributed by atoms with van der Waals surface area (Å²) in [4.78, 5) is 14.7. The zero-order valence-corrected chi connectivity index (χ0v) is 12.2. The number of amides is 1. The zero-order valence-electron chi connectivity index (χ0n) is 11.0. The number of nitrogens with zero attached hydrogens (tertiary/aromatic N) is 1. The Morgan fingerprint density at radius 2 is 1.89 bits per heavy atom. The van der Waals surface area contributed by atoms with Crippen molar-refractivity contribution in [1.82, 2.24) is 4.90 Å². The lowest BCUT2D eigenvalue weighted by Gasteiger charge is -2.26. The molecule has 1 saturated heterocycles. The number of hydrogen-bond donors (Lipinski definition) is 0. The molecule has 1 saturated carbocycles. The van der Waals surface area contributed by atoms with Crippen LogP contribution in [0.15, 0.2) is 30.3 Å². The van der Waals surface area contributed by atoms with E-state index in [-0.39, 0.29) is 16.6 Å². The minimum absolute atomic E-state index is 0.0487. The third kappa shape index (κ3) is 1.55. The first-order valence-electron chi connectivity index (χ1n) is 6.63. The second kappa shape index (κ2) is 3.81. The van der Waals surface area contributed by atoms with Gasteiger partial charge in [0.1, 0.15) is 0 Å². The van der Waals surface area contributed by atoms with Gasteiger partial charge in [-0.25, -0.2) is 0 Å². The van der Waals surface area contributed by atoms with E-state index in [1.165, 1.54) is 5.56 Å². The van der Waals surface area contributed by atoms with Gasteiger partial charge in [0.2, 0.25) is 5.91 Å². The Balaban J connectivity index is 1.89. The molecule has 18 heavy (non-hydrogen) atoms. The fourth-order valence-corrected chi connectivity index (χ4v) is 3.84. The molecule has 3 atom stereocenters. The minimum atomic E-state index is -0.0687. The fraction of sp³-hybridized carbons (Fsp3) is 0.533. The predicted molar refractivity (Wildman–Crippen MR) is 76.4 cm³/mol. The second-order valence-electron chi connectivity index (χ2n) is 6.02. The molecule has 3 heteroatoms. The summed E-state index contributed by atoms with van der Waals surface area (Å²) in [6.07, 6.45) is 2.12. The molecule has 1 aromatic carbocycles. The van der Waals surface area contributed by atoms with Crippen molar-refractivity contribution in [3.05, 3.63) is 35.9 Å². The molecule has 1 aromatic rings. The summed E-state index contributed by atoms with van der Waals surface area (Å²) < 4.78 is 0. The van der Waals surface area contributed by atoms with Crippen LogP contribution in [0.1, 0.15) is 38.3 Å². The monoisotopic (exact) mass is 261 g/mol. The van der Waals surface area contributed by atoms with Crippen molar-refractivity contribution in [1.29, 1.82) is 0 Å². The van der Waals surface area contributed by atoms with E-state index < -0.39 is 0 Å². The van der Waals surface area contributed by atoms with Gasteiger partial charge in [0.15, 0.2) is 0 Å². The lowest BCUT2D eigenvalue weighted by molar-refractivity contribution is -0.134. The van der Waals surface area contributed by atoms with E-state index in [0.29, 0.717) is 5.91 Å². The molecule has 1 amide bonds. The number of carbonyl (C=O) groups is 1. The standard InChI is InChI=1S/C15H20NOP/c1-11(12-6-4-3-5-7-12)16-10-14(2,18)15(8-9-15)13(16)17/h3-7,11H,8-10,18H2,1-2H3/t11-,14-/m1/s1. The van der Waals surface area contributed by atoms with E-state index in [2.05, 4.69) is 40.1 Å². The van der Waals surface area contributed by atoms with Crippen molar-refractivity contribution in [2.75, 3.05) is 6.54 Å². The maximum absolute atomic E-state index is 12.6. The van der Waals surface area contributed by atoms with Crippen molar-refractivity contribution in [3.8, 4) is 0 Å². The van der Waals surface area contributed by atoms with Crippen LogP contribution in [0.5, 0.6) is 0 Å². The summed E-state index contributed by atoms with van der Waals surface area (Å²) in [5.41, 5.74) is 1.16. The van der Waals surface area contributed by atoms with Gasteiger partial charge in [-0.05, 0) is 25.3 Å². The molecule has 3 rings (SSSR count). The molecular formula is C15H20NOP. The van der Waals surface area contributed by atoms with E-state index >= 15 is 0 Å². The Labute approximate surface area is 111 Å². The smallest absolute Gasteiger partial charge is 0.230 e. The molecule has 1 spiro atoms. The Morgan fingerprint density at radius 1 is 1.28 bits per heavy atom. The Bertz CT molecular complexity index is 479. The first-order valence-corrected chi connectivity index (χ1v) is 7.21. The highest BCUT2D eigenvalue weighted by molar-refractivity contribution is 7.19.